The molecule has 0 radical (unpaired) electrons. The van der Waals surface area contributed by atoms with Gasteiger partial charge in [-0.1, -0.05) is 82.2 Å². The molecule has 4 nitrogen and oxygen atoms in total. The fourth-order valence-corrected chi connectivity index (χ4v) is 3.20. The van der Waals surface area contributed by atoms with Crippen LogP contribution >= 0.6 is 0 Å². The molecule has 0 saturated heterocycles. The maximum Gasteiger partial charge on any atom is 0.319 e. The predicted octanol–water partition coefficient (Wildman–Crippen LogP) is 6.57. The van der Waals surface area contributed by atoms with Crippen LogP contribution in [0.1, 0.15) is 63.9 Å². The summed E-state index contributed by atoms with van der Waals surface area (Å²) in [4.78, 5) is 12.0. The number of anilines is 1. The highest BCUT2D eigenvalue weighted by Gasteiger charge is 2.02. The van der Waals surface area contributed by atoms with Crippen molar-refractivity contribution >= 4 is 11.7 Å². The number of nitrogens with one attached hydrogen (secondary N) is 2. The van der Waals surface area contributed by atoms with Crippen molar-refractivity contribution in [2.75, 3.05) is 18.5 Å². The highest BCUT2D eigenvalue weighted by atomic mass is 16.5. The maximum absolute atomic E-state index is 12.0. The smallest absolute Gasteiger partial charge is 0.319 e. The number of carbonyl (C=O) groups excluding carboxylic acids is 1. The van der Waals surface area contributed by atoms with Crippen molar-refractivity contribution in [2.24, 2.45) is 0 Å². The lowest BCUT2D eigenvalue weighted by atomic mass is 10.1. The zero-order valence-corrected chi connectivity index (χ0v) is 17.8. The van der Waals surface area contributed by atoms with E-state index < -0.39 is 0 Å². The summed E-state index contributed by atoms with van der Waals surface area (Å²) in [5, 5.41) is 5.74. The molecule has 0 spiro atoms. The number of benzene rings is 2. The van der Waals surface area contributed by atoms with E-state index >= 15 is 0 Å². The number of carbonyl (C=O) groups is 1. The number of hydrogen-bond donors (Lipinski definition) is 2. The lowest BCUT2D eigenvalue weighted by Gasteiger charge is -2.09. The van der Waals surface area contributed by atoms with Crippen LogP contribution in [0.5, 0.6) is 5.75 Å². The molecule has 2 N–H and O–H groups in total. The molecule has 0 heterocycles. The zero-order chi connectivity index (χ0) is 20.6. The average Bonchev–Trinajstić information content (AvgIpc) is 2.74. The van der Waals surface area contributed by atoms with Gasteiger partial charge < -0.3 is 15.4 Å². The van der Waals surface area contributed by atoms with E-state index in [9.17, 15) is 4.79 Å². The molecule has 0 aromatic heterocycles. The molecule has 2 rings (SSSR count). The lowest BCUT2D eigenvalue weighted by Crippen LogP contribution is -2.30. The number of hydrogen-bond acceptors (Lipinski definition) is 2. The Balaban J connectivity index is 1.54. The summed E-state index contributed by atoms with van der Waals surface area (Å²) in [6.45, 7) is 3.61. The first kappa shape index (κ1) is 22.8. The Morgan fingerprint density at radius 1 is 0.828 bits per heavy atom. The Hall–Kier alpha value is -2.49. The summed E-state index contributed by atoms with van der Waals surface area (Å²) < 4.78 is 5.80. The second kappa shape index (κ2) is 14.5. The van der Waals surface area contributed by atoms with Crippen molar-refractivity contribution in [2.45, 2.75) is 64.7 Å². The molecule has 0 aliphatic rings. The molecule has 0 saturated carbocycles. The number of ether oxygens (including phenoxy) is 1. The van der Waals surface area contributed by atoms with Crippen molar-refractivity contribution < 1.29 is 9.53 Å². The van der Waals surface area contributed by atoms with E-state index in [0.717, 1.165) is 30.9 Å². The van der Waals surface area contributed by atoms with Gasteiger partial charge in [-0.15, -0.1) is 0 Å². The molecule has 2 amide bonds. The summed E-state index contributed by atoms with van der Waals surface area (Å²) in [5.41, 5.74) is 1.98. The average molecular weight is 397 g/mol. The van der Waals surface area contributed by atoms with Crippen LogP contribution in [0.15, 0.2) is 54.6 Å². The zero-order valence-electron chi connectivity index (χ0n) is 17.8. The Morgan fingerprint density at radius 2 is 1.48 bits per heavy atom. The molecular formula is C25H36N2O2. The van der Waals surface area contributed by atoms with Crippen LogP contribution in [0.25, 0.3) is 0 Å². The fraction of sp³-hybridized carbons (Fsp3) is 0.480. The first-order valence-electron chi connectivity index (χ1n) is 11.1. The van der Waals surface area contributed by atoms with Crippen molar-refractivity contribution in [1.82, 2.24) is 5.32 Å². The van der Waals surface area contributed by atoms with Crippen LogP contribution < -0.4 is 15.4 Å². The van der Waals surface area contributed by atoms with Crippen LogP contribution in [-0.2, 0) is 6.42 Å². The monoisotopic (exact) mass is 396 g/mol. The first-order valence-corrected chi connectivity index (χ1v) is 11.1. The summed E-state index contributed by atoms with van der Waals surface area (Å²) in [6.07, 6.45) is 11.2. The third kappa shape index (κ3) is 10.6. The molecule has 158 valence electrons. The SMILES string of the molecule is CCCCCCCCCCOc1ccc(NC(=O)NCCc2ccccc2)cc1. The van der Waals surface area contributed by atoms with Crippen LogP contribution in [-0.4, -0.2) is 19.2 Å². The molecule has 0 atom stereocenters. The normalized spacial score (nSPS) is 10.5. The molecular weight excluding hydrogens is 360 g/mol. The molecule has 0 aliphatic heterocycles. The molecule has 0 unspecified atom stereocenters. The molecule has 4 heteroatoms. The minimum atomic E-state index is -0.187. The summed E-state index contributed by atoms with van der Waals surface area (Å²) >= 11 is 0. The lowest BCUT2D eigenvalue weighted by molar-refractivity contribution is 0.252. The third-order valence-corrected chi connectivity index (χ3v) is 4.92. The van der Waals surface area contributed by atoms with Crippen molar-refractivity contribution in [1.29, 1.82) is 0 Å². The first-order chi connectivity index (χ1) is 14.3. The number of amides is 2. The Kier molecular flexibility index (Phi) is 11.4. The van der Waals surface area contributed by atoms with E-state index in [4.69, 9.17) is 4.74 Å². The number of urea groups is 1. The quantitative estimate of drug-likeness (QED) is 0.355. The summed E-state index contributed by atoms with van der Waals surface area (Å²) in [5.74, 6) is 0.850. The van der Waals surface area contributed by atoms with E-state index in [0.29, 0.717) is 6.54 Å². The Labute approximate surface area is 176 Å². The van der Waals surface area contributed by atoms with Gasteiger partial charge in [0.1, 0.15) is 5.75 Å². The van der Waals surface area contributed by atoms with E-state index in [1.165, 1.54) is 50.5 Å². The van der Waals surface area contributed by atoms with Gasteiger partial charge in [0, 0.05) is 12.2 Å². The van der Waals surface area contributed by atoms with Gasteiger partial charge in [-0.3, -0.25) is 0 Å². The van der Waals surface area contributed by atoms with Gasteiger partial charge in [0.2, 0.25) is 0 Å². The molecule has 0 aliphatic carbocycles. The van der Waals surface area contributed by atoms with Crippen LogP contribution in [0.2, 0.25) is 0 Å². The van der Waals surface area contributed by atoms with Gasteiger partial charge in [-0.05, 0) is 42.7 Å². The minimum Gasteiger partial charge on any atom is -0.494 e. The van der Waals surface area contributed by atoms with E-state index in [2.05, 4.69) is 29.7 Å². The summed E-state index contributed by atoms with van der Waals surface area (Å²) in [6, 6.07) is 17.5. The molecule has 2 aromatic rings. The van der Waals surface area contributed by atoms with E-state index in [1.54, 1.807) is 0 Å². The van der Waals surface area contributed by atoms with Gasteiger partial charge in [-0.2, -0.15) is 0 Å². The van der Waals surface area contributed by atoms with Gasteiger partial charge in [0.05, 0.1) is 6.61 Å². The van der Waals surface area contributed by atoms with E-state index in [1.807, 2.05) is 42.5 Å². The van der Waals surface area contributed by atoms with Crippen LogP contribution in [0, 0.1) is 0 Å². The second-order valence-electron chi connectivity index (χ2n) is 7.46. The molecule has 2 aromatic carbocycles. The molecule has 29 heavy (non-hydrogen) atoms. The third-order valence-electron chi connectivity index (χ3n) is 4.92. The van der Waals surface area contributed by atoms with Crippen molar-refractivity contribution in [3.05, 3.63) is 60.2 Å². The van der Waals surface area contributed by atoms with Crippen molar-refractivity contribution in [3.8, 4) is 5.75 Å². The van der Waals surface area contributed by atoms with Gasteiger partial charge >= 0.3 is 6.03 Å². The van der Waals surface area contributed by atoms with Gasteiger partial charge in [0.25, 0.3) is 0 Å². The second-order valence-corrected chi connectivity index (χ2v) is 7.46. The van der Waals surface area contributed by atoms with Crippen LogP contribution in [0.4, 0.5) is 10.5 Å². The molecule has 0 bridgehead atoms. The van der Waals surface area contributed by atoms with E-state index in [-0.39, 0.29) is 6.03 Å². The highest BCUT2D eigenvalue weighted by molar-refractivity contribution is 5.89. The largest absolute Gasteiger partial charge is 0.494 e. The highest BCUT2D eigenvalue weighted by Crippen LogP contribution is 2.16. The summed E-state index contributed by atoms with van der Waals surface area (Å²) in [7, 11) is 0. The Morgan fingerprint density at radius 3 is 2.17 bits per heavy atom. The molecule has 0 fully saturated rings. The van der Waals surface area contributed by atoms with Gasteiger partial charge in [-0.25, -0.2) is 4.79 Å². The van der Waals surface area contributed by atoms with Crippen molar-refractivity contribution in [3.63, 3.8) is 0 Å². The van der Waals surface area contributed by atoms with Crippen LogP contribution in [0.3, 0.4) is 0 Å². The standard InChI is InChI=1S/C25H36N2O2/c1-2-3-4-5-6-7-8-12-21-29-24-17-15-23(16-18-24)27-25(28)26-20-19-22-13-10-9-11-14-22/h9-11,13-18H,2-8,12,19-21H2,1H3,(H2,26,27,28). The maximum atomic E-state index is 12.0. The Bertz CT molecular complexity index is 671. The predicted molar refractivity (Wildman–Crippen MR) is 122 cm³/mol. The number of rotatable bonds is 14. The fourth-order valence-electron chi connectivity index (χ4n) is 3.20. The number of unbranched alkanes of at least 4 members (excludes halogenated alkanes) is 7. The minimum absolute atomic E-state index is 0.187. The topological polar surface area (TPSA) is 50.4 Å². The van der Waals surface area contributed by atoms with Gasteiger partial charge in [0.15, 0.2) is 0 Å².